The van der Waals surface area contributed by atoms with Crippen LogP contribution in [0.4, 0.5) is 0 Å². The molecule has 0 saturated carbocycles. The SMILES string of the molecule is Brc1ccc2c(c1)sc1cc(Br)c(I)cc12.Brc1ccc2c(c1)sc1cc(Br)ccc12.[2HH]. The zero-order valence-electron chi connectivity index (χ0n) is 15.6. The zero-order chi connectivity index (χ0) is 21.7. The van der Waals surface area contributed by atoms with E-state index < -0.39 is 0 Å². The van der Waals surface area contributed by atoms with Crippen LogP contribution in [0.1, 0.15) is 1.43 Å². The fourth-order valence-electron chi connectivity index (χ4n) is 3.47. The van der Waals surface area contributed by atoms with Gasteiger partial charge in [-0.3, -0.25) is 0 Å². The molecule has 0 nitrogen and oxygen atoms in total. The van der Waals surface area contributed by atoms with Gasteiger partial charge in [0.1, 0.15) is 0 Å². The van der Waals surface area contributed by atoms with Crippen LogP contribution in [0.25, 0.3) is 40.3 Å². The van der Waals surface area contributed by atoms with Crippen LogP contribution >= 0.6 is 109 Å². The second-order valence-corrected chi connectivity index (χ2v) is 13.8. The molecule has 0 aliphatic carbocycles. The molecule has 0 aliphatic heterocycles. The molecular weight excluding hydrogens is 799 g/mol. The second-order valence-electron chi connectivity index (χ2n) is 6.89. The van der Waals surface area contributed by atoms with E-state index in [0.717, 1.165) is 13.4 Å². The third-order valence-corrected chi connectivity index (χ3v) is 10.9. The van der Waals surface area contributed by atoms with Crippen LogP contribution in [0, 0.1) is 3.57 Å². The van der Waals surface area contributed by atoms with Crippen molar-refractivity contribution in [3.05, 3.63) is 88.2 Å². The van der Waals surface area contributed by atoms with E-state index in [9.17, 15) is 0 Å². The molecule has 0 N–H and O–H groups in total. The summed E-state index contributed by atoms with van der Waals surface area (Å²) in [5, 5.41) is 5.37. The minimum atomic E-state index is 0. The largest absolute Gasteiger partial charge is 0.135 e. The van der Waals surface area contributed by atoms with Crippen molar-refractivity contribution in [3.63, 3.8) is 0 Å². The Labute approximate surface area is 236 Å². The van der Waals surface area contributed by atoms with Gasteiger partial charge in [-0.2, -0.15) is 0 Å². The molecule has 4 aromatic carbocycles. The summed E-state index contributed by atoms with van der Waals surface area (Å²) in [5.41, 5.74) is 0. The van der Waals surface area contributed by atoms with Crippen molar-refractivity contribution in [1.29, 1.82) is 0 Å². The first-order valence-electron chi connectivity index (χ1n) is 9.13. The summed E-state index contributed by atoms with van der Waals surface area (Å²) in [6.07, 6.45) is 0. The molecule has 7 heteroatoms. The van der Waals surface area contributed by atoms with Crippen LogP contribution in [-0.2, 0) is 0 Å². The maximum atomic E-state index is 3.58. The quantitative estimate of drug-likeness (QED) is 0.134. The van der Waals surface area contributed by atoms with E-state index in [4.69, 9.17) is 0 Å². The van der Waals surface area contributed by atoms with E-state index in [2.05, 4.69) is 153 Å². The zero-order valence-corrected chi connectivity index (χ0v) is 25.7. The standard InChI is InChI=1S/C12H5Br2IS.C12H6Br2S.H2/c13-6-1-2-7-8-4-10(15)9(14)5-12(8)16-11(7)3-6;13-7-1-3-9-10-4-2-8(14)6-12(10)15-11(9)5-7;/h1-5H;1-6H;1H/i;;1+1. The van der Waals surface area contributed by atoms with Gasteiger partial charge in [-0.1, -0.05) is 66.0 Å². The van der Waals surface area contributed by atoms with E-state index in [0.29, 0.717) is 0 Å². The Morgan fingerprint density at radius 3 is 1.35 bits per heavy atom. The first-order valence-corrected chi connectivity index (χ1v) is 15.0. The van der Waals surface area contributed by atoms with Gasteiger partial charge >= 0.3 is 0 Å². The molecule has 0 aliphatic rings. The molecule has 0 atom stereocenters. The van der Waals surface area contributed by atoms with Crippen molar-refractivity contribution in [2.75, 3.05) is 0 Å². The molecule has 0 spiro atoms. The van der Waals surface area contributed by atoms with Crippen LogP contribution in [0.15, 0.2) is 84.6 Å². The molecule has 0 unspecified atom stereocenters. The number of halogens is 5. The summed E-state index contributed by atoms with van der Waals surface area (Å²) in [6, 6.07) is 23.8. The average Bonchev–Trinajstić information content (AvgIpc) is 3.24. The Balaban J connectivity index is 0.000000149. The van der Waals surface area contributed by atoms with E-state index in [-0.39, 0.29) is 1.43 Å². The average molecular weight is 813 g/mol. The molecule has 2 aromatic heterocycles. The monoisotopic (exact) mass is 809 g/mol. The maximum absolute atomic E-state index is 3.58. The van der Waals surface area contributed by atoms with Gasteiger partial charge in [0.2, 0.25) is 0 Å². The lowest BCUT2D eigenvalue weighted by Crippen LogP contribution is -1.73. The van der Waals surface area contributed by atoms with Gasteiger partial charge in [0, 0.05) is 63.2 Å². The number of benzene rings is 4. The number of fused-ring (bicyclic) bond motifs is 6. The second kappa shape index (κ2) is 9.31. The van der Waals surface area contributed by atoms with Crippen LogP contribution in [-0.4, -0.2) is 0 Å². The highest BCUT2D eigenvalue weighted by Gasteiger charge is 2.08. The Bertz CT molecular complexity index is 1550. The van der Waals surface area contributed by atoms with Crippen molar-refractivity contribution in [2.45, 2.75) is 0 Å². The van der Waals surface area contributed by atoms with Gasteiger partial charge in [-0.25, -0.2) is 0 Å². The summed E-state index contributed by atoms with van der Waals surface area (Å²) in [4.78, 5) is 0. The van der Waals surface area contributed by atoms with Gasteiger partial charge < -0.3 is 0 Å². The van der Waals surface area contributed by atoms with Crippen LogP contribution in [0.3, 0.4) is 0 Å². The molecule has 0 fully saturated rings. The Kier molecular flexibility index (Phi) is 6.83. The summed E-state index contributed by atoms with van der Waals surface area (Å²) in [6.45, 7) is 0. The third kappa shape index (κ3) is 4.66. The van der Waals surface area contributed by atoms with Gasteiger partial charge in [0.05, 0.1) is 0 Å². The van der Waals surface area contributed by atoms with E-state index >= 15 is 0 Å². The molecule has 6 aromatic rings. The van der Waals surface area contributed by atoms with Crippen LogP contribution in [0.5, 0.6) is 0 Å². The first kappa shape index (κ1) is 22.7. The summed E-state index contributed by atoms with van der Waals surface area (Å²) >= 11 is 20.1. The first-order chi connectivity index (χ1) is 14.9. The number of hydrogen-bond acceptors (Lipinski definition) is 2. The van der Waals surface area contributed by atoms with E-state index in [1.807, 2.05) is 22.7 Å². The van der Waals surface area contributed by atoms with Gasteiger partial charge in [0.15, 0.2) is 0 Å². The lowest BCUT2D eigenvalue weighted by atomic mass is 10.2. The summed E-state index contributed by atoms with van der Waals surface area (Å²) < 4.78 is 11.2. The fourth-order valence-corrected chi connectivity index (χ4v) is 8.32. The summed E-state index contributed by atoms with van der Waals surface area (Å²) in [7, 11) is 0. The van der Waals surface area contributed by atoms with E-state index in [1.54, 1.807) is 0 Å². The molecule has 6 rings (SSSR count). The lowest BCUT2D eigenvalue weighted by Gasteiger charge is -1.96. The number of thiophene rings is 2. The van der Waals surface area contributed by atoms with Crippen molar-refractivity contribution in [3.8, 4) is 0 Å². The van der Waals surface area contributed by atoms with Crippen molar-refractivity contribution < 1.29 is 1.43 Å². The Morgan fingerprint density at radius 1 is 0.516 bits per heavy atom. The molecule has 0 bridgehead atoms. The number of hydrogen-bond donors (Lipinski definition) is 0. The molecule has 2 heterocycles. The normalized spacial score (nSPS) is 11.4. The highest BCUT2D eigenvalue weighted by atomic mass is 127. The van der Waals surface area contributed by atoms with Crippen molar-refractivity contribution in [2.24, 2.45) is 0 Å². The third-order valence-electron chi connectivity index (χ3n) is 4.87. The fraction of sp³-hybridized carbons (Fsp3) is 0. The summed E-state index contributed by atoms with van der Waals surface area (Å²) in [5.74, 6) is 0. The lowest BCUT2D eigenvalue weighted by molar-refractivity contribution is 1.68. The van der Waals surface area contributed by atoms with Crippen molar-refractivity contribution in [1.82, 2.24) is 0 Å². The maximum Gasteiger partial charge on any atom is 0.0367 e. The van der Waals surface area contributed by atoms with Gasteiger partial charge in [-0.15, -0.1) is 22.7 Å². The van der Waals surface area contributed by atoms with Crippen LogP contribution < -0.4 is 0 Å². The predicted octanol–water partition coefficient (Wildman–Crippen LogP) is 12.0. The van der Waals surface area contributed by atoms with Crippen molar-refractivity contribution >= 4 is 149 Å². The Morgan fingerprint density at radius 2 is 0.903 bits per heavy atom. The minimum Gasteiger partial charge on any atom is -0.135 e. The highest BCUT2D eigenvalue weighted by Crippen LogP contribution is 2.38. The Hall–Kier alpha value is -0.0300. The molecule has 156 valence electrons. The minimum absolute atomic E-state index is 0. The van der Waals surface area contributed by atoms with Gasteiger partial charge in [-0.05, 0) is 87.1 Å². The molecule has 0 radical (unpaired) electrons. The molecule has 0 saturated heterocycles. The smallest absolute Gasteiger partial charge is 0.0367 e. The number of rotatable bonds is 0. The van der Waals surface area contributed by atoms with Gasteiger partial charge in [0.25, 0.3) is 0 Å². The van der Waals surface area contributed by atoms with Crippen LogP contribution in [0.2, 0.25) is 0 Å². The predicted molar refractivity (Wildman–Crippen MR) is 164 cm³/mol. The molecule has 0 amide bonds. The van der Waals surface area contributed by atoms with E-state index in [1.165, 1.54) is 48.4 Å². The molecular formula is C24H13Br4IS2. The topological polar surface area (TPSA) is 0 Å². The molecule has 31 heavy (non-hydrogen) atoms. The highest BCUT2D eigenvalue weighted by molar-refractivity contribution is 14.1.